The van der Waals surface area contributed by atoms with Crippen molar-refractivity contribution in [1.82, 2.24) is 15.5 Å². The first-order valence-corrected chi connectivity index (χ1v) is 6.47. The van der Waals surface area contributed by atoms with Crippen LogP contribution < -0.4 is 11.1 Å². The van der Waals surface area contributed by atoms with E-state index in [1.807, 2.05) is 0 Å². The van der Waals surface area contributed by atoms with Crippen molar-refractivity contribution in [3.8, 4) is 0 Å². The maximum atomic E-state index is 11.9. The van der Waals surface area contributed by atoms with Crippen molar-refractivity contribution < 1.29 is 9.32 Å². The van der Waals surface area contributed by atoms with Gasteiger partial charge >= 0.3 is 0 Å². The van der Waals surface area contributed by atoms with Gasteiger partial charge in [0.05, 0.1) is 0 Å². The number of carbonyl (C=O) groups excluding carboxylic acids is 1. The zero-order valence-electron chi connectivity index (χ0n) is 11.1. The van der Waals surface area contributed by atoms with Gasteiger partial charge in [-0.15, -0.1) is 12.4 Å². The molecule has 1 aliphatic carbocycles. The van der Waals surface area contributed by atoms with Crippen molar-refractivity contribution in [3.05, 3.63) is 11.7 Å². The number of halogens is 1. The number of hydrogen-bond acceptors (Lipinski definition) is 5. The molecule has 7 heteroatoms. The molecule has 19 heavy (non-hydrogen) atoms. The molecule has 2 rings (SSSR count). The van der Waals surface area contributed by atoms with Gasteiger partial charge in [-0.2, -0.15) is 4.98 Å². The van der Waals surface area contributed by atoms with Crippen LogP contribution in [0.15, 0.2) is 4.52 Å². The molecule has 0 spiro atoms. The standard InChI is InChI=1S/C12H20N4O2.ClH/c1-8-15-11(18-16-8)5-6-14-12(17)9-3-2-4-10(13)7-9;/h9-10H,2-7,13H2,1H3,(H,14,17);1H. The number of carbonyl (C=O) groups is 1. The summed E-state index contributed by atoms with van der Waals surface area (Å²) in [5.41, 5.74) is 5.87. The first kappa shape index (κ1) is 15.9. The van der Waals surface area contributed by atoms with E-state index in [0.29, 0.717) is 24.7 Å². The van der Waals surface area contributed by atoms with Crippen LogP contribution in [0.25, 0.3) is 0 Å². The largest absolute Gasteiger partial charge is 0.355 e. The van der Waals surface area contributed by atoms with Crippen LogP contribution in [-0.2, 0) is 11.2 Å². The van der Waals surface area contributed by atoms with Crippen molar-refractivity contribution in [2.24, 2.45) is 11.7 Å². The number of nitrogens with one attached hydrogen (secondary N) is 1. The van der Waals surface area contributed by atoms with Crippen LogP contribution >= 0.6 is 12.4 Å². The third-order valence-corrected chi connectivity index (χ3v) is 3.29. The van der Waals surface area contributed by atoms with Gasteiger partial charge in [0, 0.05) is 24.9 Å². The van der Waals surface area contributed by atoms with Gasteiger partial charge < -0.3 is 15.6 Å². The van der Waals surface area contributed by atoms with Gasteiger partial charge in [-0.3, -0.25) is 4.79 Å². The quantitative estimate of drug-likeness (QED) is 0.861. The summed E-state index contributed by atoms with van der Waals surface area (Å²) >= 11 is 0. The van der Waals surface area contributed by atoms with Crippen LogP contribution in [0.3, 0.4) is 0 Å². The van der Waals surface area contributed by atoms with Gasteiger partial charge in [0.25, 0.3) is 0 Å². The summed E-state index contributed by atoms with van der Waals surface area (Å²) in [4.78, 5) is 16.0. The third-order valence-electron chi connectivity index (χ3n) is 3.29. The minimum atomic E-state index is 0. The average molecular weight is 289 g/mol. The number of amides is 1. The zero-order chi connectivity index (χ0) is 13.0. The number of aromatic nitrogens is 2. The highest BCUT2D eigenvalue weighted by Crippen LogP contribution is 2.22. The molecule has 1 amide bonds. The van der Waals surface area contributed by atoms with E-state index in [9.17, 15) is 4.79 Å². The molecule has 1 aliphatic rings. The lowest BCUT2D eigenvalue weighted by molar-refractivity contribution is -0.126. The molecular formula is C12H21ClN4O2. The highest BCUT2D eigenvalue weighted by molar-refractivity contribution is 5.85. The molecule has 1 heterocycles. The molecule has 6 nitrogen and oxygen atoms in total. The Morgan fingerprint density at radius 3 is 2.95 bits per heavy atom. The molecular weight excluding hydrogens is 268 g/mol. The van der Waals surface area contributed by atoms with Crippen LogP contribution in [0.1, 0.15) is 37.4 Å². The van der Waals surface area contributed by atoms with E-state index in [1.165, 1.54) is 0 Å². The minimum Gasteiger partial charge on any atom is -0.355 e. The predicted molar refractivity (Wildman–Crippen MR) is 72.9 cm³/mol. The Balaban J connectivity index is 0.00000180. The van der Waals surface area contributed by atoms with Crippen molar-refractivity contribution >= 4 is 18.3 Å². The minimum absolute atomic E-state index is 0. The summed E-state index contributed by atoms with van der Waals surface area (Å²) in [5, 5.41) is 6.61. The number of nitrogens with zero attached hydrogens (tertiary/aromatic N) is 2. The normalized spacial score (nSPS) is 22.6. The molecule has 2 unspecified atom stereocenters. The van der Waals surface area contributed by atoms with Gasteiger partial charge in [-0.05, 0) is 26.2 Å². The Labute approximate surface area is 118 Å². The van der Waals surface area contributed by atoms with Crippen molar-refractivity contribution in [2.45, 2.75) is 45.1 Å². The predicted octanol–water partition coefficient (Wildman–Crippen LogP) is 0.976. The number of hydrogen-bond donors (Lipinski definition) is 2. The molecule has 1 fully saturated rings. The fourth-order valence-corrected chi connectivity index (χ4v) is 2.34. The average Bonchev–Trinajstić information content (AvgIpc) is 2.75. The van der Waals surface area contributed by atoms with Crippen molar-refractivity contribution in [1.29, 1.82) is 0 Å². The summed E-state index contributed by atoms with van der Waals surface area (Å²) in [6.07, 6.45) is 4.39. The summed E-state index contributed by atoms with van der Waals surface area (Å²) in [5.74, 6) is 1.35. The lowest BCUT2D eigenvalue weighted by atomic mass is 9.85. The summed E-state index contributed by atoms with van der Waals surface area (Å²) in [6, 6.07) is 0.174. The molecule has 0 aliphatic heterocycles. The maximum Gasteiger partial charge on any atom is 0.228 e. The van der Waals surface area contributed by atoms with E-state index in [0.717, 1.165) is 25.7 Å². The fraction of sp³-hybridized carbons (Fsp3) is 0.750. The molecule has 1 aromatic heterocycles. The Bertz CT molecular complexity index is 410. The first-order chi connectivity index (χ1) is 8.65. The van der Waals surface area contributed by atoms with Gasteiger partial charge in [-0.25, -0.2) is 0 Å². The van der Waals surface area contributed by atoms with E-state index in [2.05, 4.69) is 15.5 Å². The lowest BCUT2D eigenvalue weighted by Crippen LogP contribution is -2.38. The molecule has 0 bridgehead atoms. The number of nitrogens with two attached hydrogens (primary N) is 1. The summed E-state index contributed by atoms with van der Waals surface area (Å²) < 4.78 is 4.98. The van der Waals surface area contributed by atoms with Crippen LogP contribution in [0.4, 0.5) is 0 Å². The van der Waals surface area contributed by atoms with E-state index >= 15 is 0 Å². The SMILES string of the molecule is Cc1noc(CCNC(=O)C2CCCC(N)C2)n1.Cl. The van der Waals surface area contributed by atoms with Gasteiger partial charge in [0.2, 0.25) is 11.8 Å². The second kappa shape index (κ2) is 7.45. The Morgan fingerprint density at radius 2 is 2.32 bits per heavy atom. The van der Waals surface area contributed by atoms with E-state index in [1.54, 1.807) is 6.92 Å². The highest BCUT2D eigenvalue weighted by atomic mass is 35.5. The fourth-order valence-electron chi connectivity index (χ4n) is 2.34. The Hall–Kier alpha value is -1.14. The molecule has 2 atom stereocenters. The topological polar surface area (TPSA) is 94.0 Å². The second-order valence-electron chi connectivity index (χ2n) is 4.90. The smallest absolute Gasteiger partial charge is 0.228 e. The second-order valence-corrected chi connectivity index (χ2v) is 4.90. The van der Waals surface area contributed by atoms with Crippen LogP contribution in [0.5, 0.6) is 0 Å². The third kappa shape index (κ3) is 4.80. The van der Waals surface area contributed by atoms with Crippen LogP contribution in [-0.4, -0.2) is 28.6 Å². The summed E-state index contributed by atoms with van der Waals surface area (Å²) in [6.45, 7) is 2.31. The van der Waals surface area contributed by atoms with E-state index in [-0.39, 0.29) is 30.3 Å². The molecule has 1 saturated carbocycles. The zero-order valence-corrected chi connectivity index (χ0v) is 11.9. The maximum absolute atomic E-state index is 11.9. The molecule has 0 aromatic carbocycles. The summed E-state index contributed by atoms with van der Waals surface area (Å²) in [7, 11) is 0. The van der Waals surface area contributed by atoms with Crippen LogP contribution in [0, 0.1) is 12.8 Å². The van der Waals surface area contributed by atoms with Crippen LogP contribution in [0.2, 0.25) is 0 Å². The molecule has 3 N–H and O–H groups in total. The Morgan fingerprint density at radius 1 is 1.53 bits per heavy atom. The highest BCUT2D eigenvalue weighted by Gasteiger charge is 2.24. The van der Waals surface area contributed by atoms with Gasteiger partial charge in [0.15, 0.2) is 5.82 Å². The molecule has 0 saturated heterocycles. The Kier molecular flexibility index (Phi) is 6.24. The monoisotopic (exact) mass is 288 g/mol. The van der Waals surface area contributed by atoms with Crippen molar-refractivity contribution in [2.75, 3.05) is 6.54 Å². The first-order valence-electron chi connectivity index (χ1n) is 6.47. The number of aryl methyl sites for hydroxylation is 1. The van der Waals surface area contributed by atoms with Gasteiger partial charge in [0.1, 0.15) is 0 Å². The number of rotatable bonds is 4. The van der Waals surface area contributed by atoms with Gasteiger partial charge in [-0.1, -0.05) is 11.6 Å². The van der Waals surface area contributed by atoms with E-state index in [4.69, 9.17) is 10.3 Å². The lowest BCUT2D eigenvalue weighted by Gasteiger charge is -2.25. The van der Waals surface area contributed by atoms with Crippen molar-refractivity contribution in [3.63, 3.8) is 0 Å². The van der Waals surface area contributed by atoms with E-state index < -0.39 is 0 Å². The molecule has 0 radical (unpaired) electrons. The molecule has 1 aromatic rings. The molecule has 108 valence electrons.